The number of fused-ring (bicyclic) bond motifs is 1. The molecule has 2 aromatic heterocycles. The summed E-state index contributed by atoms with van der Waals surface area (Å²) in [7, 11) is 1.64. The van der Waals surface area contributed by atoms with E-state index in [1.165, 1.54) is 11.3 Å². The molecule has 19 heavy (non-hydrogen) atoms. The summed E-state index contributed by atoms with van der Waals surface area (Å²) in [5, 5.41) is 12.8. The van der Waals surface area contributed by atoms with E-state index in [1.807, 2.05) is 31.2 Å². The number of benzene rings is 1. The van der Waals surface area contributed by atoms with Crippen LogP contribution < -0.4 is 10.1 Å². The Labute approximate surface area is 114 Å². The number of rotatable bonds is 4. The molecule has 6 heteroatoms. The molecule has 3 aromatic rings. The fraction of sp³-hybridized carbons (Fsp3) is 0.231. The van der Waals surface area contributed by atoms with Crippen LogP contribution in [0, 0.1) is 0 Å². The molecule has 0 bridgehead atoms. The predicted octanol–water partition coefficient (Wildman–Crippen LogP) is 3.47. The number of ether oxygens (including phenoxy) is 1. The standard InChI is InChI=1S/C13H13N3O2S/c1-8(15-13-16-14-7-19-13)11-6-9-4-3-5-10(17-2)12(9)18-11/h3-8H,1-2H3,(H,15,16). The van der Waals surface area contributed by atoms with Crippen molar-refractivity contribution in [2.45, 2.75) is 13.0 Å². The van der Waals surface area contributed by atoms with Crippen molar-refractivity contribution >= 4 is 27.4 Å². The van der Waals surface area contributed by atoms with E-state index in [9.17, 15) is 0 Å². The van der Waals surface area contributed by atoms with Gasteiger partial charge in [-0.3, -0.25) is 0 Å². The van der Waals surface area contributed by atoms with E-state index in [0.717, 1.165) is 27.6 Å². The first-order chi connectivity index (χ1) is 9.28. The van der Waals surface area contributed by atoms with Crippen molar-refractivity contribution < 1.29 is 9.15 Å². The second kappa shape index (κ2) is 4.89. The lowest BCUT2D eigenvalue weighted by atomic mass is 10.2. The first-order valence-corrected chi connectivity index (χ1v) is 6.75. The number of para-hydroxylation sites is 1. The number of hydrogen-bond acceptors (Lipinski definition) is 6. The molecule has 1 unspecified atom stereocenters. The van der Waals surface area contributed by atoms with Crippen LogP contribution in [-0.4, -0.2) is 17.3 Å². The van der Waals surface area contributed by atoms with E-state index < -0.39 is 0 Å². The number of nitrogens with one attached hydrogen (secondary N) is 1. The Kier molecular flexibility index (Phi) is 3.08. The maximum atomic E-state index is 5.87. The number of anilines is 1. The van der Waals surface area contributed by atoms with Crippen molar-refractivity contribution in [1.29, 1.82) is 0 Å². The second-order valence-corrected chi connectivity index (χ2v) is 4.97. The van der Waals surface area contributed by atoms with Gasteiger partial charge in [0.1, 0.15) is 11.3 Å². The topological polar surface area (TPSA) is 60.2 Å². The first kappa shape index (κ1) is 12.0. The van der Waals surface area contributed by atoms with Crippen LogP contribution in [-0.2, 0) is 0 Å². The third kappa shape index (κ3) is 2.26. The van der Waals surface area contributed by atoms with Crippen LogP contribution in [0.5, 0.6) is 5.75 Å². The zero-order chi connectivity index (χ0) is 13.2. The molecule has 0 saturated carbocycles. The molecule has 2 heterocycles. The van der Waals surface area contributed by atoms with Gasteiger partial charge in [0.25, 0.3) is 0 Å². The van der Waals surface area contributed by atoms with Gasteiger partial charge < -0.3 is 14.5 Å². The van der Waals surface area contributed by atoms with Crippen molar-refractivity contribution in [3.05, 3.63) is 35.5 Å². The summed E-state index contributed by atoms with van der Waals surface area (Å²) in [6.07, 6.45) is 0. The van der Waals surface area contributed by atoms with Gasteiger partial charge in [-0.05, 0) is 19.1 Å². The fourth-order valence-electron chi connectivity index (χ4n) is 1.92. The van der Waals surface area contributed by atoms with Crippen molar-refractivity contribution in [2.75, 3.05) is 12.4 Å². The highest BCUT2D eigenvalue weighted by atomic mass is 32.1. The maximum Gasteiger partial charge on any atom is 0.205 e. The highest BCUT2D eigenvalue weighted by Crippen LogP contribution is 2.31. The van der Waals surface area contributed by atoms with Gasteiger partial charge in [0.2, 0.25) is 5.13 Å². The largest absolute Gasteiger partial charge is 0.493 e. The highest BCUT2D eigenvalue weighted by Gasteiger charge is 2.14. The molecule has 98 valence electrons. The van der Waals surface area contributed by atoms with Gasteiger partial charge >= 0.3 is 0 Å². The van der Waals surface area contributed by atoms with Crippen molar-refractivity contribution in [3.8, 4) is 5.75 Å². The molecule has 0 aliphatic heterocycles. The van der Waals surface area contributed by atoms with E-state index in [2.05, 4.69) is 15.5 Å². The zero-order valence-corrected chi connectivity index (χ0v) is 11.4. The van der Waals surface area contributed by atoms with Gasteiger partial charge in [0.15, 0.2) is 11.3 Å². The highest BCUT2D eigenvalue weighted by molar-refractivity contribution is 7.13. The Hall–Kier alpha value is -2.08. The Morgan fingerprint density at radius 2 is 2.32 bits per heavy atom. The zero-order valence-electron chi connectivity index (χ0n) is 10.6. The van der Waals surface area contributed by atoms with E-state index in [0.29, 0.717) is 0 Å². The lowest BCUT2D eigenvalue weighted by Crippen LogP contribution is -2.04. The van der Waals surface area contributed by atoms with E-state index in [1.54, 1.807) is 12.6 Å². The lowest BCUT2D eigenvalue weighted by Gasteiger charge is -2.08. The molecule has 0 aliphatic carbocycles. The molecule has 3 rings (SSSR count). The average Bonchev–Trinajstić information content (AvgIpc) is 3.06. The van der Waals surface area contributed by atoms with E-state index >= 15 is 0 Å². The van der Waals surface area contributed by atoms with Crippen LogP contribution in [0.4, 0.5) is 5.13 Å². The van der Waals surface area contributed by atoms with Crippen LogP contribution in [0.25, 0.3) is 11.0 Å². The molecular weight excluding hydrogens is 262 g/mol. The minimum absolute atomic E-state index is 0.0186. The third-order valence-corrected chi connectivity index (χ3v) is 3.50. The van der Waals surface area contributed by atoms with Crippen LogP contribution in [0.3, 0.4) is 0 Å². The maximum absolute atomic E-state index is 5.87. The Morgan fingerprint density at radius 1 is 1.42 bits per heavy atom. The van der Waals surface area contributed by atoms with Crippen LogP contribution in [0.1, 0.15) is 18.7 Å². The van der Waals surface area contributed by atoms with Crippen LogP contribution in [0.15, 0.2) is 34.2 Å². The minimum atomic E-state index is 0.0186. The third-order valence-electron chi connectivity index (χ3n) is 2.87. The van der Waals surface area contributed by atoms with Gasteiger partial charge in [0, 0.05) is 5.39 Å². The SMILES string of the molecule is COc1cccc2cc(C(C)Nc3nncs3)oc12. The molecule has 1 atom stereocenters. The molecule has 0 amide bonds. The average molecular weight is 275 g/mol. The summed E-state index contributed by atoms with van der Waals surface area (Å²) in [4.78, 5) is 0. The van der Waals surface area contributed by atoms with E-state index in [4.69, 9.17) is 9.15 Å². The fourth-order valence-corrected chi connectivity index (χ4v) is 2.46. The minimum Gasteiger partial charge on any atom is -0.493 e. The Balaban J connectivity index is 1.92. The molecular formula is C13H13N3O2S. The van der Waals surface area contributed by atoms with Crippen molar-refractivity contribution in [3.63, 3.8) is 0 Å². The smallest absolute Gasteiger partial charge is 0.205 e. The molecule has 0 radical (unpaired) electrons. The summed E-state index contributed by atoms with van der Waals surface area (Å²) >= 11 is 1.46. The molecule has 5 nitrogen and oxygen atoms in total. The number of aromatic nitrogens is 2. The summed E-state index contributed by atoms with van der Waals surface area (Å²) in [6, 6.07) is 7.87. The molecule has 0 fully saturated rings. The normalized spacial score (nSPS) is 12.5. The monoisotopic (exact) mass is 275 g/mol. The van der Waals surface area contributed by atoms with Gasteiger partial charge in [-0.15, -0.1) is 10.2 Å². The van der Waals surface area contributed by atoms with Crippen LogP contribution in [0.2, 0.25) is 0 Å². The summed E-state index contributed by atoms with van der Waals surface area (Å²) in [6.45, 7) is 2.02. The molecule has 1 aromatic carbocycles. The lowest BCUT2D eigenvalue weighted by molar-refractivity contribution is 0.406. The molecule has 0 spiro atoms. The Morgan fingerprint density at radius 3 is 3.05 bits per heavy atom. The van der Waals surface area contributed by atoms with Gasteiger partial charge in [-0.2, -0.15) is 0 Å². The van der Waals surface area contributed by atoms with Crippen LogP contribution >= 0.6 is 11.3 Å². The van der Waals surface area contributed by atoms with E-state index in [-0.39, 0.29) is 6.04 Å². The van der Waals surface area contributed by atoms with Crippen molar-refractivity contribution in [1.82, 2.24) is 10.2 Å². The number of furan rings is 1. The number of nitrogens with zero attached hydrogens (tertiary/aromatic N) is 2. The summed E-state index contributed by atoms with van der Waals surface area (Å²) in [5.74, 6) is 1.58. The first-order valence-electron chi connectivity index (χ1n) is 5.87. The number of hydrogen-bond donors (Lipinski definition) is 1. The summed E-state index contributed by atoms with van der Waals surface area (Å²) < 4.78 is 11.2. The molecule has 0 aliphatic rings. The quantitative estimate of drug-likeness (QED) is 0.790. The van der Waals surface area contributed by atoms with Gasteiger partial charge in [-0.1, -0.05) is 23.5 Å². The predicted molar refractivity (Wildman–Crippen MR) is 74.7 cm³/mol. The van der Waals surface area contributed by atoms with Crippen molar-refractivity contribution in [2.24, 2.45) is 0 Å². The van der Waals surface area contributed by atoms with Gasteiger partial charge in [0.05, 0.1) is 13.2 Å². The van der Waals surface area contributed by atoms with Gasteiger partial charge in [-0.25, -0.2) is 0 Å². The molecule has 1 N–H and O–H groups in total. The Bertz CT molecular complexity index is 678. The summed E-state index contributed by atoms with van der Waals surface area (Å²) in [5.41, 5.74) is 2.46. The molecule has 0 saturated heterocycles. The number of methoxy groups -OCH3 is 1. The second-order valence-electron chi connectivity index (χ2n) is 4.14.